The molecule has 1 heterocycles. The van der Waals surface area contributed by atoms with Crippen molar-refractivity contribution < 1.29 is 9.59 Å². The topological polar surface area (TPSA) is 84.2 Å². The molecule has 0 aliphatic heterocycles. The van der Waals surface area contributed by atoms with Crippen molar-refractivity contribution in [2.45, 2.75) is 39.3 Å². The van der Waals surface area contributed by atoms with Crippen molar-refractivity contribution in [1.82, 2.24) is 10.6 Å². The second kappa shape index (κ2) is 6.85. The summed E-state index contributed by atoms with van der Waals surface area (Å²) in [6.45, 7) is 7.53. The zero-order valence-electron chi connectivity index (χ0n) is 12.4. The summed E-state index contributed by atoms with van der Waals surface area (Å²) in [7, 11) is 0. The Morgan fingerprint density at radius 2 is 2.05 bits per heavy atom. The van der Waals surface area contributed by atoms with Crippen LogP contribution in [0.3, 0.4) is 0 Å². The summed E-state index contributed by atoms with van der Waals surface area (Å²) in [6, 6.07) is 3.32. The van der Waals surface area contributed by atoms with Crippen LogP contribution in [0.25, 0.3) is 0 Å². The third-order valence-electron chi connectivity index (χ3n) is 3.03. The first-order valence-electron chi connectivity index (χ1n) is 6.62. The predicted octanol–water partition coefficient (Wildman–Crippen LogP) is 1.20. The average molecular weight is 297 g/mol. The summed E-state index contributed by atoms with van der Waals surface area (Å²) in [5, 5.41) is 7.42. The Labute approximate surface area is 123 Å². The monoisotopic (exact) mass is 297 g/mol. The SMILES string of the molecule is CC(C)[C@H](N)C(=O)NCC(=O)NC(C)(C)c1cccs1. The van der Waals surface area contributed by atoms with Gasteiger partial charge in [-0.3, -0.25) is 9.59 Å². The van der Waals surface area contributed by atoms with Gasteiger partial charge in [-0.05, 0) is 31.2 Å². The highest BCUT2D eigenvalue weighted by Crippen LogP contribution is 2.24. The number of amides is 2. The van der Waals surface area contributed by atoms with Crippen LogP contribution in [0, 0.1) is 5.92 Å². The van der Waals surface area contributed by atoms with Gasteiger partial charge in [0, 0.05) is 4.88 Å². The van der Waals surface area contributed by atoms with Gasteiger partial charge in [-0.1, -0.05) is 19.9 Å². The molecule has 0 aliphatic rings. The molecule has 112 valence electrons. The van der Waals surface area contributed by atoms with E-state index in [0.717, 1.165) is 4.88 Å². The summed E-state index contributed by atoms with van der Waals surface area (Å²) in [5.41, 5.74) is 5.26. The fourth-order valence-corrected chi connectivity index (χ4v) is 2.48. The van der Waals surface area contributed by atoms with E-state index in [-0.39, 0.29) is 24.3 Å². The number of nitrogens with one attached hydrogen (secondary N) is 2. The summed E-state index contributed by atoms with van der Waals surface area (Å²) < 4.78 is 0. The van der Waals surface area contributed by atoms with Crippen LogP contribution in [0.5, 0.6) is 0 Å². The van der Waals surface area contributed by atoms with Crippen LogP contribution in [0.1, 0.15) is 32.6 Å². The average Bonchev–Trinajstić information content (AvgIpc) is 2.88. The second-order valence-corrected chi connectivity index (χ2v) is 6.59. The quantitative estimate of drug-likeness (QED) is 0.737. The fourth-order valence-electron chi connectivity index (χ4n) is 1.68. The van der Waals surface area contributed by atoms with Crippen molar-refractivity contribution in [3.63, 3.8) is 0 Å². The van der Waals surface area contributed by atoms with Gasteiger partial charge >= 0.3 is 0 Å². The minimum atomic E-state index is -0.590. The Morgan fingerprint density at radius 3 is 2.55 bits per heavy atom. The largest absolute Gasteiger partial charge is 0.346 e. The third-order valence-corrected chi connectivity index (χ3v) is 4.23. The van der Waals surface area contributed by atoms with E-state index in [9.17, 15) is 9.59 Å². The number of carbonyl (C=O) groups is 2. The van der Waals surface area contributed by atoms with E-state index >= 15 is 0 Å². The highest BCUT2D eigenvalue weighted by Gasteiger charge is 2.24. The van der Waals surface area contributed by atoms with E-state index in [1.54, 1.807) is 11.3 Å². The van der Waals surface area contributed by atoms with E-state index < -0.39 is 11.6 Å². The molecule has 1 rings (SSSR count). The zero-order valence-corrected chi connectivity index (χ0v) is 13.2. The number of hydrogen-bond donors (Lipinski definition) is 3. The first-order valence-corrected chi connectivity index (χ1v) is 7.50. The van der Waals surface area contributed by atoms with Gasteiger partial charge in [-0.2, -0.15) is 0 Å². The van der Waals surface area contributed by atoms with Crippen LogP contribution < -0.4 is 16.4 Å². The minimum absolute atomic E-state index is 0.0422. The molecule has 0 aromatic carbocycles. The molecule has 2 amide bonds. The van der Waals surface area contributed by atoms with Gasteiger partial charge in [0.25, 0.3) is 0 Å². The molecule has 0 aliphatic carbocycles. The normalized spacial score (nSPS) is 13.1. The number of rotatable bonds is 6. The molecule has 0 spiro atoms. The number of thiophene rings is 1. The molecule has 20 heavy (non-hydrogen) atoms. The lowest BCUT2D eigenvalue weighted by Gasteiger charge is -2.25. The summed E-state index contributed by atoms with van der Waals surface area (Å²) >= 11 is 1.58. The molecule has 1 aromatic heterocycles. The van der Waals surface area contributed by atoms with E-state index in [0.29, 0.717) is 0 Å². The Balaban J connectivity index is 2.47. The third kappa shape index (κ3) is 4.61. The zero-order chi connectivity index (χ0) is 15.3. The number of carbonyl (C=O) groups excluding carboxylic acids is 2. The van der Waals surface area contributed by atoms with Gasteiger partial charge in [-0.15, -0.1) is 11.3 Å². The summed E-state index contributed by atoms with van der Waals surface area (Å²) in [6.07, 6.45) is 0. The van der Waals surface area contributed by atoms with Crippen molar-refractivity contribution >= 4 is 23.2 Å². The van der Waals surface area contributed by atoms with Gasteiger partial charge in [-0.25, -0.2) is 0 Å². The molecular weight excluding hydrogens is 274 g/mol. The lowest BCUT2D eigenvalue weighted by molar-refractivity contribution is -0.128. The van der Waals surface area contributed by atoms with Gasteiger partial charge in [0.15, 0.2) is 0 Å². The number of nitrogens with two attached hydrogens (primary N) is 1. The van der Waals surface area contributed by atoms with Crippen LogP contribution in [0.15, 0.2) is 17.5 Å². The first kappa shape index (κ1) is 16.7. The molecular formula is C14H23N3O2S. The van der Waals surface area contributed by atoms with Crippen molar-refractivity contribution in [3.05, 3.63) is 22.4 Å². The number of hydrogen-bond acceptors (Lipinski definition) is 4. The highest BCUT2D eigenvalue weighted by atomic mass is 32.1. The molecule has 6 heteroatoms. The van der Waals surface area contributed by atoms with E-state index in [4.69, 9.17) is 5.73 Å². The summed E-state index contributed by atoms with van der Waals surface area (Å²) in [4.78, 5) is 24.6. The molecule has 5 nitrogen and oxygen atoms in total. The van der Waals surface area contributed by atoms with Gasteiger partial charge in [0.2, 0.25) is 11.8 Å². The maximum Gasteiger partial charge on any atom is 0.240 e. The molecule has 4 N–H and O–H groups in total. The van der Waals surface area contributed by atoms with Crippen molar-refractivity contribution in [2.24, 2.45) is 11.7 Å². The molecule has 0 saturated heterocycles. The predicted molar refractivity (Wildman–Crippen MR) is 81.3 cm³/mol. The Kier molecular flexibility index (Phi) is 5.71. The Bertz CT molecular complexity index is 455. The van der Waals surface area contributed by atoms with Gasteiger partial charge < -0.3 is 16.4 Å². The smallest absolute Gasteiger partial charge is 0.240 e. The van der Waals surface area contributed by atoms with E-state index in [1.165, 1.54) is 0 Å². The maximum absolute atomic E-state index is 11.9. The molecule has 0 bridgehead atoms. The molecule has 0 saturated carbocycles. The van der Waals surface area contributed by atoms with Crippen LogP contribution in [0.2, 0.25) is 0 Å². The van der Waals surface area contributed by atoms with Crippen LogP contribution in [0.4, 0.5) is 0 Å². The minimum Gasteiger partial charge on any atom is -0.346 e. The fraction of sp³-hybridized carbons (Fsp3) is 0.571. The molecule has 1 aromatic rings. The van der Waals surface area contributed by atoms with Gasteiger partial charge in [0.1, 0.15) is 0 Å². The second-order valence-electron chi connectivity index (χ2n) is 5.64. The van der Waals surface area contributed by atoms with E-state index in [1.807, 2.05) is 45.2 Å². The molecule has 1 atom stereocenters. The van der Waals surface area contributed by atoms with Crippen LogP contribution in [-0.2, 0) is 15.1 Å². The van der Waals surface area contributed by atoms with Crippen molar-refractivity contribution in [3.8, 4) is 0 Å². The standard InChI is InChI=1S/C14H23N3O2S/c1-9(2)12(15)13(19)16-8-11(18)17-14(3,4)10-6-5-7-20-10/h5-7,9,12H,8,15H2,1-4H3,(H,16,19)(H,17,18)/t12-/m0/s1. The maximum atomic E-state index is 11.9. The van der Waals surface area contributed by atoms with Crippen LogP contribution in [-0.4, -0.2) is 24.4 Å². The van der Waals surface area contributed by atoms with Crippen LogP contribution >= 0.6 is 11.3 Å². The van der Waals surface area contributed by atoms with Gasteiger partial charge in [0.05, 0.1) is 18.1 Å². The lowest BCUT2D eigenvalue weighted by Crippen LogP contribution is -2.49. The van der Waals surface area contributed by atoms with Crippen molar-refractivity contribution in [2.75, 3.05) is 6.54 Å². The van der Waals surface area contributed by atoms with E-state index in [2.05, 4.69) is 10.6 Å². The van der Waals surface area contributed by atoms with Crippen molar-refractivity contribution in [1.29, 1.82) is 0 Å². The molecule has 0 radical (unpaired) electrons. The molecule has 0 fully saturated rings. The highest BCUT2D eigenvalue weighted by molar-refractivity contribution is 7.10. The summed E-state index contributed by atoms with van der Waals surface area (Å²) in [5.74, 6) is -0.489. The molecule has 0 unspecified atom stereocenters. The Morgan fingerprint density at radius 1 is 1.40 bits per heavy atom. The Hall–Kier alpha value is -1.40. The first-order chi connectivity index (χ1) is 9.24. The lowest BCUT2D eigenvalue weighted by atomic mass is 10.0.